The van der Waals surface area contributed by atoms with Crippen LogP contribution in [0.3, 0.4) is 0 Å². The fraction of sp³-hybridized carbons (Fsp3) is 0.250. The number of carbonyl (C=O) groups is 1. The van der Waals surface area contributed by atoms with Crippen molar-refractivity contribution in [1.82, 2.24) is 4.98 Å². The second kappa shape index (κ2) is 6.25. The van der Waals surface area contributed by atoms with Crippen LogP contribution in [0.4, 0.5) is 22.0 Å². The van der Waals surface area contributed by atoms with E-state index in [9.17, 15) is 13.2 Å². The highest BCUT2D eigenvalue weighted by Gasteiger charge is 2.24. The highest BCUT2D eigenvalue weighted by Crippen LogP contribution is 2.31. The van der Waals surface area contributed by atoms with Crippen molar-refractivity contribution in [2.75, 3.05) is 35.2 Å². The number of nitrogens with two attached hydrogens (primary N) is 1. The van der Waals surface area contributed by atoms with Gasteiger partial charge in [-0.1, -0.05) is 6.07 Å². The Labute approximate surface area is 146 Å². The van der Waals surface area contributed by atoms with Crippen molar-refractivity contribution in [3.8, 4) is 0 Å². The van der Waals surface area contributed by atoms with Gasteiger partial charge in [-0.15, -0.1) is 0 Å². The van der Waals surface area contributed by atoms with Gasteiger partial charge in [0, 0.05) is 26.8 Å². The van der Waals surface area contributed by atoms with Gasteiger partial charge < -0.3 is 10.6 Å². The van der Waals surface area contributed by atoms with E-state index >= 15 is 0 Å². The van der Waals surface area contributed by atoms with Gasteiger partial charge in [0.05, 0.1) is 11.4 Å². The van der Waals surface area contributed by atoms with Crippen molar-refractivity contribution >= 4 is 33.2 Å². The zero-order valence-electron chi connectivity index (χ0n) is 13.9. The van der Waals surface area contributed by atoms with Crippen molar-refractivity contribution in [1.29, 1.82) is 0 Å². The summed E-state index contributed by atoms with van der Waals surface area (Å²) in [6.45, 7) is 0.497. The van der Waals surface area contributed by atoms with Crippen molar-refractivity contribution < 1.29 is 13.2 Å². The van der Waals surface area contributed by atoms with E-state index in [1.807, 2.05) is 14.1 Å². The minimum absolute atomic E-state index is 0.0605. The average Bonchev–Trinajstić information content (AvgIpc) is 2.98. The second-order valence-corrected chi connectivity index (χ2v) is 7.62. The average molecular weight is 361 g/mol. The number of anilines is 3. The first-order chi connectivity index (χ1) is 11.8. The molecule has 0 aliphatic carbocycles. The molecular weight excluding hydrogens is 342 g/mol. The second-order valence-electron chi connectivity index (χ2n) is 5.94. The zero-order chi connectivity index (χ0) is 18.2. The molecule has 0 fully saturated rings. The number of urea groups is 1. The van der Waals surface area contributed by atoms with Crippen LogP contribution < -0.4 is 20.3 Å². The summed E-state index contributed by atoms with van der Waals surface area (Å²) in [5, 5.41) is 0. The van der Waals surface area contributed by atoms with Crippen LogP contribution in [0.2, 0.25) is 0 Å². The maximum Gasteiger partial charge on any atom is 0.319 e. The highest BCUT2D eigenvalue weighted by molar-refractivity contribution is 7.92. The third-order valence-electron chi connectivity index (χ3n) is 3.99. The lowest BCUT2D eigenvalue weighted by atomic mass is 10.1. The fourth-order valence-electron chi connectivity index (χ4n) is 2.68. The summed E-state index contributed by atoms with van der Waals surface area (Å²) in [5.74, 6) is 0.661. The predicted octanol–water partition coefficient (Wildman–Crippen LogP) is 1.39. The van der Waals surface area contributed by atoms with E-state index < -0.39 is 16.1 Å². The Morgan fingerprint density at radius 3 is 2.64 bits per heavy atom. The van der Waals surface area contributed by atoms with Gasteiger partial charge in [0.25, 0.3) is 10.0 Å². The number of aromatic nitrogens is 1. The van der Waals surface area contributed by atoms with Gasteiger partial charge in [-0.3, -0.25) is 9.62 Å². The summed E-state index contributed by atoms with van der Waals surface area (Å²) in [6.07, 6.45) is 2.00. The summed E-state index contributed by atoms with van der Waals surface area (Å²) in [6, 6.07) is 7.65. The molecule has 0 bridgehead atoms. The van der Waals surface area contributed by atoms with Crippen LogP contribution in [0.15, 0.2) is 41.4 Å². The van der Waals surface area contributed by atoms with Crippen LogP contribution in [0.25, 0.3) is 0 Å². The molecule has 2 amide bonds. The van der Waals surface area contributed by atoms with Crippen LogP contribution in [-0.4, -0.2) is 40.1 Å². The molecule has 1 aromatic heterocycles. The SMILES string of the molecule is CN(C)c1ccc(S(=O)(=O)Nc2ccc3c(c2)N(C(N)=O)CC3)cn1. The minimum Gasteiger partial charge on any atom is -0.363 e. The Morgan fingerprint density at radius 1 is 1.28 bits per heavy atom. The molecule has 0 saturated heterocycles. The lowest BCUT2D eigenvalue weighted by Crippen LogP contribution is -2.34. The lowest BCUT2D eigenvalue weighted by Gasteiger charge is -2.16. The number of hydrogen-bond donors (Lipinski definition) is 2. The monoisotopic (exact) mass is 361 g/mol. The van der Waals surface area contributed by atoms with Crippen molar-refractivity contribution in [2.45, 2.75) is 11.3 Å². The number of pyridine rings is 1. The number of hydrogen-bond acceptors (Lipinski definition) is 5. The Kier molecular flexibility index (Phi) is 4.25. The predicted molar refractivity (Wildman–Crippen MR) is 96.4 cm³/mol. The molecule has 2 heterocycles. The Balaban J connectivity index is 1.86. The first-order valence-electron chi connectivity index (χ1n) is 7.64. The largest absolute Gasteiger partial charge is 0.363 e. The van der Waals surface area contributed by atoms with Crippen LogP contribution in [0.1, 0.15) is 5.56 Å². The summed E-state index contributed by atoms with van der Waals surface area (Å²) >= 11 is 0. The molecule has 1 aliphatic heterocycles. The van der Waals surface area contributed by atoms with E-state index in [0.29, 0.717) is 30.2 Å². The normalized spacial score (nSPS) is 13.4. The molecule has 3 N–H and O–H groups in total. The molecule has 132 valence electrons. The number of benzene rings is 1. The topological polar surface area (TPSA) is 109 Å². The van der Waals surface area contributed by atoms with E-state index in [1.54, 1.807) is 29.2 Å². The van der Waals surface area contributed by atoms with Crippen LogP contribution >= 0.6 is 0 Å². The van der Waals surface area contributed by atoms with Crippen molar-refractivity contribution in [2.24, 2.45) is 5.73 Å². The minimum atomic E-state index is -3.78. The first kappa shape index (κ1) is 17.0. The van der Waals surface area contributed by atoms with E-state index in [0.717, 1.165) is 5.56 Å². The van der Waals surface area contributed by atoms with E-state index in [1.165, 1.54) is 17.2 Å². The van der Waals surface area contributed by atoms with Crippen LogP contribution in [0, 0.1) is 0 Å². The van der Waals surface area contributed by atoms with Gasteiger partial charge in [-0.05, 0) is 36.2 Å². The summed E-state index contributed by atoms with van der Waals surface area (Å²) < 4.78 is 27.6. The van der Waals surface area contributed by atoms with E-state index in [2.05, 4.69) is 9.71 Å². The van der Waals surface area contributed by atoms with Gasteiger partial charge in [-0.2, -0.15) is 0 Å². The maximum atomic E-state index is 12.5. The third-order valence-corrected chi connectivity index (χ3v) is 5.35. The first-order valence-corrected chi connectivity index (χ1v) is 9.12. The number of nitrogens with one attached hydrogen (secondary N) is 1. The van der Waals surface area contributed by atoms with Crippen LogP contribution in [-0.2, 0) is 16.4 Å². The number of amides is 2. The van der Waals surface area contributed by atoms with E-state index in [-0.39, 0.29) is 4.90 Å². The molecule has 3 rings (SSSR count). The molecule has 0 unspecified atom stereocenters. The Bertz CT molecular complexity index is 910. The molecular formula is C16H19N5O3S. The zero-order valence-corrected chi connectivity index (χ0v) is 14.7. The smallest absolute Gasteiger partial charge is 0.319 e. The standard InChI is InChI=1S/C16H19N5O3S/c1-20(2)15-6-5-13(10-18-15)25(23,24)19-12-4-3-11-7-8-21(16(17)22)14(11)9-12/h3-6,9-10,19H,7-8H2,1-2H3,(H2,17,22). The van der Waals surface area contributed by atoms with E-state index in [4.69, 9.17) is 5.73 Å². The fourth-order valence-corrected chi connectivity index (χ4v) is 3.68. The number of fused-ring (bicyclic) bond motifs is 1. The number of primary amides is 1. The molecule has 25 heavy (non-hydrogen) atoms. The van der Waals surface area contributed by atoms with Gasteiger partial charge >= 0.3 is 6.03 Å². The Morgan fingerprint density at radius 2 is 2.04 bits per heavy atom. The van der Waals surface area contributed by atoms with Crippen molar-refractivity contribution in [3.05, 3.63) is 42.1 Å². The molecule has 0 spiro atoms. The molecule has 0 atom stereocenters. The molecule has 8 nitrogen and oxygen atoms in total. The molecule has 2 aromatic rings. The number of rotatable bonds is 4. The lowest BCUT2D eigenvalue weighted by molar-refractivity contribution is 0.254. The summed E-state index contributed by atoms with van der Waals surface area (Å²) in [7, 11) is -0.130. The van der Waals surface area contributed by atoms with Gasteiger partial charge in [0.15, 0.2) is 0 Å². The molecule has 0 radical (unpaired) electrons. The molecule has 0 saturated carbocycles. The Hall–Kier alpha value is -2.81. The molecule has 9 heteroatoms. The molecule has 1 aromatic carbocycles. The van der Waals surface area contributed by atoms with Crippen molar-refractivity contribution in [3.63, 3.8) is 0 Å². The summed E-state index contributed by atoms with van der Waals surface area (Å²) in [5.41, 5.74) is 7.31. The third kappa shape index (κ3) is 3.36. The maximum absolute atomic E-state index is 12.5. The summed E-state index contributed by atoms with van der Waals surface area (Å²) in [4.78, 5) is 18.9. The number of carbonyl (C=O) groups excluding carboxylic acids is 1. The van der Waals surface area contributed by atoms with Gasteiger partial charge in [0.2, 0.25) is 0 Å². The number of sulfonamides is 1. The molecule has 1 aliphatic rings. The number of nitrogens with zero attached hydrogens (tertiary/aromatic N) is 3. The van der Waals surface area contributed by atoms with Crippen LogP contribution in [0.5, 0.6) is 0 Å². The van der Waals surface area contributed by atoms with Gasteiger partial charge in [0.1, 0.15) is 10.7 Å². The van der Waals surface area contributed by atoms with Gasteiger partial charge in [-0.25, -0.2) is 18.2 Å². The quantitative estimate of drug-likeness (QED) is 0.855. The highest BCUT2D eigenvalue weighted by atomic mass is 32.2.